The maximum absolute atomic E-state index is 13.5. The molecular weight excluding hydrogens is 427 g/mol. The third kappa shape index (κ3) is 5.14. The summed E-state index contributed by atoms with van der Waals surface area (Å²) in [4.78, 5) is 25.2. The number of ether oxygens (including phenoxy) is 1. The lowest BCUT2D eigenvalue weighted by atomic mass is 10.1. The van der Waals surface area contributed by atoms with Crippen molar-refractivity contribution >= 4 is 22.4 Å². The average molecular weight is 455 g/mol. The monoisotopic (exact) mass is 454 g/mol. The number of amides is 1. The van der Waals surface area contributed by atoms with Crippen LogP contribution in [0.1, 0.15) is 41.3 Å². The molecule has 1 saturated heterocycles. The molecule has 4 rings (SSSR count). The van der Waals surface area contributed by atoms with Gasteiger partial charge in [-0.3, -0.25) is 9.78 Å². The van der Waals surface area contributed by atoms with E-state index >= 15 is 0 Å². The molecule has 0 bridgehead atoms. The van der Waals surface area contributed by atoms with Gasteiger partial charge in [-0.1, -0.05) is 17.4 Å². The molecule has 1 aliphatic rings. The van der Waals surface area contributed by atoms with Crippen LogP contribution < -0.4 is 10.2 Å². The van der Waals surface area contributed by atoms with Gasteiger partial charge in [0.15, 0.2) is 5.13 Å². The van der Waals surface area contributed by atoms with Crippen LogP contribution in [-0.2, 0) is 11.3 Å². The molecule has 0 radical (unpaired) electrons. The van der Waals surface area contributed by atoms with Gasteiger partial charge in [0, 0.05) is 30.0 Å². The highest BCUT2D eigenvalue weighted by molar-refractivity contribution is 7.19. The summed E-state index contributed by atoms with van der Waals surface area (Å²) in [5.74, 6) is -0.770. The largest absolute Gasteiger partial charge is 0.372 e. The van der Waals surface area contributed by atoms with Crippen molar-refractivity contribution in [3.8, 4) is 10.4 Å². The molecule has 3 heterocycles. The quantitative estimate of drug-likeness (QED) is 0.615. The maximum Gasteiger partial charge on any atom is 0.251 e. The van der Waals surface area contributed by atoms with E-state index < -0.39 is 5.82 Å². The summed E-state index contributed by atoms with van der Waals surface area (Å²) in [6, 6.07) is 9.74. The molecule has 1 aliphatic heterocycles. The third-order valence-electron chi connectivity index (χ3n) is 5.22. The second-order valence-electron chi connectivity index (χ2n) is 8.27. The van der Waals surface area contributed by atoms with E-state index in [9.17, 15) is 9.18 Å². The smallest absolute Gasteiger partial charge is 0.251 e. The van der Waals surface area contributed by atoms with E-state index in [-0.39, 0.29) is 30.2 Å². The Labute approximate surface area is 191 Å². The van der Waals surface area contributed by atoms with E-state index in [0.29, 0.717) is 0 Å². The van der Waals surface area contributed by atoms with Gasteiger partial charge < -0.3 is 15.0 Å². The van der Waals surface area contributed by atoms with Crippen LogP contribution in [0, 0.1) is 19.7 Å². The minimum atomic E-state index is -0.437. The summed E-state index contributed by atoms with van der Waals surface area (Å²) in [5.41, 5.74) is 3.96. The fraction of sp³-hybridized carbons (Fsp3) is 0.375. The number of aromatic nitrogens is 2. The van der Waals surface area contributed by atoms with E-state index in [4.69, 9.17) is 9.72 Å². The van der Waals surface area contributed by atoms with Crippen molar-refractivity contribution < 1.29 is 13.9 Å². The number of aryl methyl sites for hydroxylation is 2. The summed E-state index contributed by atoms with van der Waals surface area (Å²) >= 11 is 1.61. The molecule has 2 atom stereocenters. The Balaban J connectivity index is 1.64. The number of hydrogen-bond donors (Lipinski definition) is 1. The van der Waals surface area contributed by atoms with Crippen molar-refractivity contribution in [2.45, 2.75) is 46.4 Å². The van der Waals surface area contributed by atoms with E-state index in [2.05, 4.69) is 29.0 Å². The molecule has 1 amide bonds. The van der Waals surface area contributed by atoms with Crippen LogP contribution in [-0.4, -0.2) is 41.2 Å². The molecule has 0 unspecified atom stereocenters. The van der Waals surface area contributed by atoms with Gasteiger partial charge in [0.05, 0.1) is 29.3 Å². The summed E-state index contributed by atoms with van der Waals surface area (Å²) in [6.07, 6.45) is 0.236. The number of anilines is 1. The number of thiazole rings is 1. The van der Waals surface area contributed by atoms with Crippen molar-refractivity contribution in [1.82, 2.24) is 15.3 Å². The van der Waals surface area contributed by atoms with Crippen molar-refractivity contribution in [3.05, 3.63) is 64.9 Å². The minimum absolute atomic E-state index is 0.118. The fourth-order valence-corrected chi connectivity index (χ4v) is 5.10. The Hall–Kier alpha value is -2.84. The predicted molar refractivity (Wildman–Crippen MR) is 125 cm³/mol. The van der Waals surface area contributed by atoms with Gasteiger partial charge in [0.1, 0.15) is 5.82 Å². The number of pyridine rings is 1. The van der Waals surface area contributed by atoms with E-state index in [1.807, 2.05) is 26.0 Å². The molecule has 0 aliphatic carbocycles. The first-order chi connectivity index (χ1) is 15.3. The summed E-state index contributed by atoms with van der Waals surface area (Å²) < 4.78 is 19.4. The Morgan fingerprint density at radius 3 is 2.50 bits per heavy atom. The molecule has 1 fully saturated rings. The highest BCUT2D eigenvalue weighted by Crippen LogP contribution is 2.36. The normalized spacial score (nSPS) is 18.6. The zero-order chi connectivity index (χ0) is 22.8. The Morgan fingerprint density at radius 1 is 1.16 bits per heavy atom. The lowest BCUT2D eigenvalue weighted by Gasteiger charge is -2.35. The molecule has 168 valence electrons. The summed E-state index contributed by atoms with van der Waals surface area (Å²) in [6.45, 7) is 9.84. The number of rotatable bonds is 5. The maximum atomic E-state index is 13.5. The summed E-state index contributed by atoms with van der Waals surface area (Å²) in [5, 5.41) is 3.80. The van der Waals surface area contributed by atoms with Gasteiger partial charge in [-0.2, -0.15) is 0 Å². The number of nitrogens with one attached hydrogen (secondary N) is 1. The number of morpholine rings is 1. The van der Waals surface area contributed by atoms with Crippen LogP contribution in [0.15, 0.2) is 36.4 Å². The topological polar surface area (TPSA) is 67.3 Å². The number of hydrogen-bond acceptors (Lipinski definition) is 6. The molecule has 0 saturated carbocycles. The van der Waals surface area contributed by atoms with Gasteiger partial charge in [-0.25, -0.2) is 9.37 Å². The van der Waals surface area contributed by atoms with Crippen LogP contribution in [0.5, 0.6) is 0 Å². The molecule has 32 heavy (non-hydrogen) atoms. The molecule has 2 aromatic heterocycles. The first kappa shape index (κ1) is 22.4. The second kappa shape index (κ2) is 9.34. The molecule has 8 heteroatoms. The molecule has 6 nitrogen and oxygen atoms in total. The lowest BCUT2D eigenvalue weighted by molar-refractivity contribution is -0.00523. The Kier molecular flexibility index (Phi) is 6.53. The van der Waals surface area contributed by atoms with Crippen molar-refractivity contribution in [3.63, 3.8) is 0 Å². The molecule has 0 spiro atoms. The van der Waals surface area contributed by atoms with Crippen LogP contribution in [0.3, 0.4) is 0 Å². The fourth-order valence-electron chi connectivity index (χ4n) is 4.02. The number of nitrogens with zero attached hydrogens (tertiary/aromatic N) is 3. The molecule has 1 N–H and O–H groups in total. The highest BCUT2D eigenvalue weighted by atomic mass is 32.1. The van der Waals surface area contributed by atoms with Crippen LogP contribution in [0.4, 0.5) is 9.52 Å². The zero-order valence-corrected chi connectivity index (χ0v) is 19.5. The van der Waals surface area contributed by atoms with Gasteiger partial charge in [0.2, 0.25) is 0 Å². The lowest BCUT2D eigenvalue weighted by Crippen LogP contribution is -2.45. The third-order valence-corrected chi connectivity index (χ3v) is 6.43. The van der Waals surface area contributed by atoms with Gasteiger partial charge in [-0.05, 0) is 63.6 Å². The summed E-state index contributed by atoms with van der Waals surface area (Å²) in [7, 11) is 0. The Bertz CT molecular complexity index is 1100. The first-order valence-electron chi connectivity index (χ1n) is 10.7. The molecular formula is C24H27FN4O2S. The number of benzene rings is 1. The predicted octanol–water partition coefficient (Wildman–Crippen LogP) is 4.50. The number of halogens is 1. The van der Waals surface area contributed by atoms with Crippen LogP contribution >= 0.6 is 11.3 Å². The SMILES string of the molecule is Cc1cc(-c2sc(N3C[C@@H](C)O[C@@H](C)C3)nc2CNC(=O)c2cccc(F)c2)cc(C)n1. The minimum Gasteiger partial charge on any atom is -0.372 e. The van der Waals surface area contributed by atoms with E-state index in [1.54, 1.807) is 17.4 Å². The average Bonchev–Trinajstić information content (AvgIpc) is 3.15. The van der Waals surface area contributed by atoms with Gasteiger partial charge in [-0.15, -0.1) is 0 Å². The van der Waals surface area contributed by atoms with Crippen molar-refractivity contribution in [1.29, 1.82) is 0 Å². The molecule has 3 aromatic rings. The number of carbonyl (C=O) groups is 1. The van der Waals surface area contributed by atoms with Crippen LogP contribution in [0.25, 0.3) is 10.4 Å². The molecule has 1 aromatic carbocycles. The zero-order valence-electron chi connectivity index (χ0n) is 18.7. The first-order valence-corrected chi connectivity index (χ1v) is 11.5. The van der Waals surface area contributed by atoms with Gasteiger partial charge >= 0.3 is 0 Å². The highest BCUT2D eigenvalue weighted by Gasteiger charge is 2.26. The van der Waals surface area contributed by atoms with Crippen molar-refractivity contribution in [2.24, 2.45) is 0 Å². The standard InChI is InChI=1S/C24H27FN4O2S/c1-14-8-19(9-15(2)27-14)22-21(11-26-23(30)18-6-5-7-20(25)10-18)28-24(32-22)29-12-16(3)31-17(4)13-29/h5-10,16-17H,11-13H2,1-4H3,(H,26,30)/t16-,17+. The van der Waals surface area contributed by atoms with E-state index in [0.717, 1.165) is 45.7 Å². The van der Waals surface area contributed by atoms with Crippen molar-refractivity contribution in [2.75, 3.05) is 18.0 Å². The second-order valence-corrected chi connectivity index (χ2v) is 9.24. The Morgan fingerprint density at radius 2 is 1.84 bits per heavy atom. The van der Waals surface area contributed by atoms with E-state index in [1.165, 1.54) is 18.2 Å². The number of carbonyl (C=O) groups excluding carboxylic acids is 1. The van der Waals surface area contributed by atoms with Gasteiger partial charge in [0.25, 0.3) is 5.91 Å². The van der Waals surface area contributed by atoms with Crippen LogP contribution in [0.2, 0.25) is 0 Å².